The summed E-state index contributed by atoms with van der Waals surface area (Å²) in [6.45, 7) is 5.11. The van der Waals surface area contributed by atoms with Gasteiger partial charge in [-0.3, -0.25) is 0 Å². The van der Waals surface area contributed by atoms with Crippen LogP contribution in [-0.2, 0) is 11.2 Å². The van der Waals surface area contributed by atoms with Gasteiger partial charge in [-0.1, -0.05) is 26.0 Å². The third-order valence-electron chi connectivity index (χ3n) is 2.17. The average Bonchev–Trinajstić information content (AvgIpc) is 2.27. The van der Waals surface area contributed by atoms with E-state index in [2.05, 4.69) is 0 Å². The summed E-state index contributed by atoms with van der Waals surface area (Å²) in [5.41, 5.74) is 7.19. The minimum atomic E-state index is -0.256. The van der Waals surface area contributed by atoms with E-state index in [0.29, 0.717) is 24.6 Å². The molecule has 1 rings (SSSR count). The second-order valence-corrected chi connectivity index (χ2v) is 4.23. The van der Waals surface area contributed by atoms with Gasteiger partial charge in [-0.05, 0) is 36.6 Å². The Morgan fingerprint density at radius 3 is 2.35 bits per heavy atom. The predicted octanol–water partition coefficient (Wildman–Crippen LogP) is 2.42. The molecule has 0 aliphatic heterocycles. The van der Waals surface area contributed by atoms with Gasteiger partial charge in [-0.25, -0.2) is 4.79 Å². The van der Waals surface area contributed by atoms with Crippen LogP contribution < -0.4 is 5.73 Å². The van der Waals surface area contributed by atoms with Crippen LogP contribution in [0.25, 0.3) is 0 Å². The lowest BCUT2D eigenvalue weighted by molar-refractivity contribution is 0.0459. The number of rotatable bonds is 5. The fraction of sp³-hybridized carbons (Fsp3) is 0.462. The van der Waals surface area contributed by atoms with Crippen molar-refractivity contribution in [3.8, 4) is 0 Å². The van der Waals surface area contributed by atoms with Crippen molar-refractivity contribution in [2.24, 2.45) is 11.7 Å². The normalized spacial score (nSPS) is 9.88. The Hall–Kier alpha value is -1.06. The third-order valence-corrected chi connectivity index (χ3v) is 2.17. The SMILES string of the molecule is CC(C)COC(=O)c1ccc(CCN)cc1.Cl. The summed E-state index contributed by atoms with van der Waals surface area (Å²) in [7, 11) is 0. The van der Waals surface area contributed by atoms with Gasteiger partial charge in [-0.2, -0.15) is 0 Å². The Bertz CT molecular complexity index is 336. The van der Waals surface area contributed by atoms with Crippen molar-refractivity contribution in [2.75, 3.05) is 13.2 Å². The van der Waals surface area contributed by atoms with Crippen LogP contribution in [0.2, 0.25) is 0 Å². The van der Waals surface area contributed by atoms with Gasteiger partial charge in [0.25, 0.3) is 0 Å². The largest absolute Gasteiger partial charge is 0.462 e. The summed E-state index contributed by atoms with van der Waals surface area (Å²) < 4.78 is 5.13. The van der Waals surface area contributed by atoms with Crippen LogP contribution in [0.3, 0.4) is 0 Å². The van der Waals surface area contributed by atoms with Crippen molar-refractivity contribution in [3.63, 3.8) is 0 Å². The molecule has 0 fully saturated rings. The van der Waals surface area contributed by atoms with Crippen LogP contribution in [0.4, 0.5) is 0 Å². The summed E-state index contributed by atoms with van der Waals surface area (Å²) in [4.78, 5) is 11.6. The van der Waals surface area contributed by atoms with E-state index in [-0.39, 0.29) is 18.4 Å². The van der Waals surface area contributed by atoms with E-state index in [1.165, 1.54) is 0 Å². The van der Waals surface area contributed by atoms with E-state index < -0.39 is 0 Å². The van der Waals surface area contributed by atoms with Crippen LogP contribution in [0, 0.1) is 5.92 Å². The highest BCUT2D eigenvalue weighted by Gasteiger charge is 2.07. The van der Waals surface area contributed by atoms with Crippen molar-refractivity contribution >= 4 is 18.4 Å². The molecule has 0 unspecified atom stereocenters. The van der Waals surface area contributed by atoms with Crippen LogP contribution in [0.1, 0.15) is 29.8 Å². The lowest BCUT2D eigenvalue weighted by Crippen LogP contribution is -2.10. The Morgan fingerprint density at radius 1 is 1.29 bits per heavy atom. The Balaban J connectivity index is 0.00000256. The summed E-state index contributed by atoms with van der Waals surface area (Å²) in [5.74, 6) is 0.105. The number of hydrogen-bond donors (Lipinski definition) is 1. The van der Waals surface area contributed by atoms with Crippen molar-refractivity contribution in [3.05, 3.63) is 35.4 Å². The molecule has 0 spiro atoms. The van der Waals surface area contributed by atoms with Gasteiger partial charge in [0, 0.05) is 0 Å². The number of carbonyl (C=O) groups is 1. The highest BCUT2D eigenvalue weighted by Crippen LogP contribution is 2.07. The van der Waals surface area contributed by atoms with Crippen molar-refractivity contribution in [1.82, 2.24) is 0 Å². The molecule has 0 aromatic heterocycles. The molecule has 0 amide bonds. The summed E-state index contributed by atoms with van der Waals surface area (Å²) in [6, 6.07) is 7.40. The zero-order valence-corrected chi connectivity index (χ0v) is 11.1. The number of carbonyl (C=O) groups excluding carboxylic acids is 1. The summed E-state index contributed by atoms with van der Waals surface area (Å²) >= 11 is 0. The van der Waals surface area contributed by atoms with E-state index in [4.69, 9.17) is 10.5 Å². The number of nitrogens with two attached hydrogens (primary N) is 1. The van der Waals surface area contributed by atoms with E-state index in [1.54, 1.807) is 12.1 Å². The van der Waals surface area contributed by atoms with Crippen molar-refractivity contribution < 1.29 is 9.53 Å². The van der Waals surface area contributed by atoms with Gasteiger partial charge in [0.15, 0.2) is 0 Å². The molecule has 0 saturated heterocycles. The minimum absolute atomic E-state index is 0. The Labute approximate surface area is 109 Å². The molecule has 0 heterocycles. The van der Waals surface area contributed by atoms with E-state index in [1.807, 2.05) is 26.0 Å². The molecule has 1 aromatic carbocycles. The second kappa shape index (κ2) is 8.09. The van der Waals surface area contributed by atoms with Gasteiger partial charge in [-0.15, -0.1) is 12.4 Å². The highest BCUT2D eigenvalue weighted by molar-refractivity contribution is 5.89. The molecule has 0 bridgehead atoms. The van der Waals surface area contributed by atoms with Gasteiger partial charge in [0.2, 0.25) is 0 Å². The van der Waals surface area contributed by atoms with E-state index in [9.17, 15) is 4.79 Å². The maximum absolute atomic E-state index is 11.6. The number of hydrogen-bond acceptors (Lipinski definition) is 3. The zero-order valence-electron chi connectivity index (χ0n) is 10.3. The minimum Gasteiger partial charge on any atom is -0.462 e. The molecule has 0 atom stereocenters. The smallest absolute Gasteiger partial charge is 0.338 e. The van der Waals surface area contributed by atoms with Crippen LogP contribution >= 0.6 is 12.4 Å². The Kier molecular flexibility index (Phi) is 7.59. The molecule has 0 radical (unpaired) electrons. The van der Waals surface area contributed by atoms with Gasteiger partial charge in [0.1, 0.15) is 0 Å². The number of benzene rings is 1. The van der Waals surface area contributed by atoms with Gasteiger partial charge in [0.05, 0.1) is 12.2 Å². The molecule has 0 saturated carbocycles. The molecule has 4 heteroatoms. The lowest BCUT2D eigenvalue weighted by atomic mass is 10.1. The molecule has 17 heavy (non-hydrogen) atoms. The first-order valence-electron chi connectivity index (χ1n) is 5.59. The molecule has 1 aromatic rings. The van der Waals surface area contributed by atoms with Crippen molar-refractivity contribution in [2.45, 2.75) is 20.3 Å². The standard InChI is InChI=1S/C13H19NO2.ClH/c1-10(2)9-16-13(15)12-5-3-11(4-6-12)7-8-14;/h3-6,10H,7-9,14H2,1-2H3;1H. The van der Waals surface area contributed by atoms with E-state index >= 15 is 0 Å². The highest BCUT2D eigenvalue weighted by atomic mass is 35.5. The third kappa shape index (κ3) is 5.71. The van der Waals surface area contributed by atoms with Crippen molar-refractivity contribution in [1.29, 1.82) is 0 Å². The average molecular weight is 258 g/mol. The van der Waals surface area contributed by atoms with Crippen LogP contribution in [-0.4, -0.2) is 19.1 Å². The maximum atomic E-state index is 11.6. The molecular weight excluding hydrogens is 238 g/mol. The number of ether oxygens (including phenoxy) is 1. The predicted molar refractivity (Wildman–Crippen MR) is 71.6 cm³/mol. The Morgan fingerprint density at radius 2 is 1.88 bits per heavy atom. The molecule has 2 N–H and O–H groups in total. The van der Waals surface area contributed by atoms with Crippen LogP contribution in [0.15, 0.2) is 24.3 Å². The van der Waals surface area contributed by atoms with E-state index in [0.717, 1.165) is 12.0 Å². The molecule has 0 aliphatic rings. The molecular formula is C13H20ClNO2. The summed E-state index contributed by atoms with van der Waals surface area (Å²) in [6.07, 6.45) is 0.835. The quantitative estimate of drug-likeness (QED) is 0.825. The maximum Gasteiger partial charge on any atom is 0.338 e. The fourth-order valence-electron chi connectivity index (χ4n) is 1.30. The first kappa shape index (κ1) is 15.9. The molecule has 96 valence electrons. The first-order valence-corrected chi connectivity index (χ1v) is 5.59. The second-order valence-electron chi connectivity index (χ2n) is 4.23. The fourth-order valence-corrected chi connectivity index (χ4v) is 1.30. The molecule has 0 aliphatic carbocycles. The molecule has 3 nitrogen and oxygen atoms in total. The summed E-state index contributed by atoms with van der Waals surface area (Å²) in [5, 5.41) is 0. The van der Waals surface area contributed by atoms with Gasteiger partial charge >= 0.3 is 5.97 Å². The number of halogens is 1. The van der Waals surface area contributed by atoms with Gasteiger partial charge < -0.3 is 10.5 Å². The lowest BCUT2D eigenvalue weighted by Gasteiger charge is -2.07. The topological polar surface area (TPSA) is 52.3 Å². The first-order chi connectivity index (χ1) is 7.63. The zero-order chi connectivity index (χ0) is 12.0. The van der Waals surface area contributed by atoms with Crippen LogP contribution in [0.5, 0.6) is 0 Å². The monoisotopic (exact) mass is 257 g/mol. The number of esters is 1.